The van der Waals surface area contributed by atoms with E-state index in [0.29, 0.717) is 43.8 Å². The van der Waals surface area contributed by atoms with E-state index in [4.69, 9.17) is 14.1 Å². The highest BCUT2D eigenvalue weighted by Gasteiger charge is 2.31. The average molecular weight is 485 g/mol. The monoisotopic (exact) mass is 484 g/mol. The SMILES string of the molecule is COC(=O)[C@H](CC(=O)N1CCC(c2nc(C)ccc2C(=O)N(C)Cc2ccco2)CC1)NC(C)=O. The van der Waals surface area contributed by atoms with Gasteiger partial charge in [0.1, 0.15) is 11.8 Å². The number of ether oxygens (including phenoxy) is 1. The molecule has 3 amide bonds. The predicted molar refractivity (Wildman–Crippen MR) is 126 cm³/mol. The summed E-state index contributed by atoms with van der Waals surface area (Å²) in [7, 11) is 2.94. The van der Waals surface area contributed by atoms with Gasteiger partial charge in [-0.15, -0.1) is 0 Å². The Morgan fingerprint density at radius 1 is 1.23 bits per heavy atom. The average Bonchev–Trinajstić information content (AvgIpc) is 3.35. The van der Waals surface area contributed by atoms with Crippen molar-refractivity contribution >= 4 is 23.7 Å². The van der Waals surface area contributed by atoms with E-state index in [1.807, 2.05) is 25.1 Å². The van der Waals surface area contributed by atoms with Gasteiger partial charge in [-0.25, -0.2) is 4.79 Å². The summed E-state index contributed by atoms with van der Waals surface area (Å²) in [5.74, 6) is -0.737. The van der Waals surface area contributed by atoms with Crippen LogP contribution >= 0.6 is 0 Å². The fourth-order valence-corrected chi connectivity index (χ4v) is 4.27. The molecule has 10 nitrogen and oxygen atoms in total. The van der Waals surface area contributed by atoms with Crippen LogP contribution in [0.25, 0.3) is 0 Å². The van der Waals surface area contributed by atoms with Crippen molar-refractivity contribution in [1.82, 2.24) is 20.1 Å². The fraction of sp³-hybridized carbons (Fsp3) is 0.480. The number of amides is 3. The predicted octanol–water partition coefficient (Wildman–Crippen LogP) is 2.03. The third kappa shape index (κ3) is 6.68. The number of hydrogen-bond donors (Lipinski definition) is 1. The smallest absolute Gasteiger partial charge is 0.328 e. The second-order valence-corrected chi connectivity index (χ2v) is 8.76. The van der Waals surface area contributed by atoms with Crippen molar-refractivity contribution in [2.45, 2.75) is 51.6 Å². The second-order valence-electron chi connectivity index (χ2n) is 8.76. The molecule has 0 saturated carbocycles. The maximum atomic E-state index is 13.2. The molecule has 1 N–H and O–H groups in total. The Labute approximate surface area is 204 Å². The van der Waals surface area contributed by atoms with E-state index in [2.05, 4.69) is 5.32 Å². The van der Waals surface area contributed by atoms with Crippen molar-refractivity contribution in [2.24, 2.45) is 0 Å². The molecule has 1 atom stereocenters. The lowest BCUT2D eigenvalue weighted by Gasteiger charge is -2.33. The summed E-state index contributed by atoms with van der Waals surface area (Å²) in [4.78, 5) is 57.3. The third-order valence-corrected chi connectivity index (χ3v) is 6.09. The van der Waals surface area contributed by atoms with Crippen LogP contribution < -0.4 is 5.32 Å². The number of nitrogens with one attached hydrogen (secondary N) is 1. The normalized spacial score (nSPS) is 14.8. The van der Waals surface area contributed by atoms with Gasteiger partial charge in [0.2, 0.25) is 11.8 Å². The van der Waals surface area contributed by atoms with Gasteiger partial charge in [0.05, 0.1) is 37.6 Å². The Kier molecular flexibility index (Phi) is 8.62. The summed E-state index contributed by atoms with van der Waals surface area (Å²) in [5.41, 5.74) is 2.10. The van der Waals surface area contributed by atoms with Gasteiger partial charge in [0.25, 0.3) is 5.91 Å². The van der Waals surface area contributed by atoms with Crippen molar-refractivity contribution in [3.8, 4) is 0 Å². The van der Waals surface area contributed by atoms with Crippen LogP contribution in [0.3, 0.4) is 0 Å². The highest BCUT2D eigenvalue weighted by Crippen LogP contribution is 2.30. The second kappa shape index (κ2) is 11.6. The number of methoxy groups -OCH3 is 1. The number of likely N-dealkylation sites (tertiary alicyclic amines) is 1. The van der Waals surface area contributed by atoms with E-state index in [1.165, 1.54) is 14.0 Å². The molecule has 10 heteroatoms. The minimum Gasteiger partial charge on any atom is -0.467 e. The Hall–Kier alpha value is -3.69. The van der Waals surface area contributed by atoms with Crippen LogP contribution in [0.4, 0.5) is 0 Å². The molecule has 188 valence electrons. The van der Waals surface area contributed by atoms with Crippen molar-refractivity contribution in [2.75, 3.05) is 27.2 Å². The zero-order valence-corrected chi connectivity index (χ0v) is 20.6. The Bertz CT molecular complexity index is 1060. The molecule has 35 heavy (non-hydrogen) atoms. The maximum Gasteiger partial charge on any atom is 0.328 e. The minimum atomic E-state index is -1.02. The van der Waals surface area contributed by atoms with Crippen molar-refractivity contribution in [3.63, 3.8) is 0 Å². The molecule has 2 aromatic heterocycles. The summed E-state index contributed by atoms with van der Waals surface area (Å²) in [6.45, 7) is 4.44. The first-order valence-corrected chi connectivity index (χ1v) is 11.6. The molecule has 0 spiro atoms. The number of furan rings is 1. The first kappa shape index (κ1) is 25.9. The third-order valence-electron chi connectivity index (χ3n) is 6.09. The van der Waals surface area contributed by atoms with E-state index in [1.54, 1.807) is 29.2 Å². The van der Waals surface area contributed by atoms with Gasteiger partial charge >= 0.3 is 5.97 Å². The van der Waals surface area contributed by atoms with Gasteiger partial charge in [0, 0.05) is 38.7 Å². The van der Waals surface area contributed by atoms with Crippen LogP contribution in [0.5, 0.6) is 0 Å². The highest BCUT2D eigenvalue weighted by atomic mass is 16.5. The first-order chi connectivity index (χ1) is 16.7. The summed E-state index contributed by atoms with van der Waals surface area (Å²) in [6.07, 6.45) is 2.67. The Morgan fingerprint density at radius 3 is 2.54 bits per heavy atom. The number of aryl methyl sites for hydroxylation is 1. The molecule has 2 aromatic rings. The number of nitrogens with zero attached hydrogens (tertiary/aromatic N) is 3. The lowest BCUT2D eigenvalue weighted by Crippen LogP contribution is -2.46. The summed E-state index contributed by atoms with van der Waals surface area (Å²) >= 11 is 0. The van der Waals surface area contributed by atoms with Crippen molar-refractivity contribution in [1.29, 1.82) is 0 Å². The Balaban J connectivity index is 1.67. The molecule has 3 rings (SSSR count). The van der Waals surface area contributed by atoms with Crippen LogP contribution in [-0.4, -0.2) is 71.8 Å². The quantitative estimate of drug-likeness (QED) is 0.569. The lowest BCUT2D eigenvalue weighted by molar-refractivity contribution is -0.148. The molecule has 3 heterocycles. The molecule has 1 saturated heterocycles. The van der Waals surface area contributed by atoms with Crippen molar-refractivity contribution < 1.29 is 28.3 Å². The number of esters is 1. The van der Waals surface area contributed by atoms with Crippen LogP contribution in [0.2, 0.25) is 0 Å². The first-order valence-electron chi connectivity index (χ1n) is 11.6. The molecule has 1 aliphatic heterocycles. The number of rotatable bonds is 8. The molecule has 1 aliphatic rings. The number of piperidine rings is 1. The van der Waals surface area contributed by atoms with Gasteiger partial charge in [-0.2, -0.15) is 0 Å². The standard InChI is InChI=1S/C25H32N4O6/c1-16-7-8-20(24(32)28(3)15-19-6-5-13-35-19)23(26-16)18-9-11-29(12-10-18)22(31)14-21(25(33)34-4)27-17(2)30/h5-8,13,18,21H,9-12,14-15H2,1-4H3,(H,27,30)/t21-/m0/s1. The van der Waals surface area contributed by atoms with Gasteiger partial charge in [-0.1, -0.05) is 0 Å². The van der Waals surface area contributed by atoms with E-state index in [0.717, 1.165) is 11.4 Å². The molecule has 1 fully saturated rings. The topological polar surface area (TPSA) is 122 Å². The summed E-state index contributed by atoms with van der Waals surface area (Å²) < 4.78 is 10.1. The number of hydrogen-bond acceptors (Lipinski definition) is 7. The highest BCUT2D eigenvalue weighted by molar-refractivity contribution is 5.95. The molecule has 0 unspecified atom stereocenters. The minimum absolute atomic E-state index is 0.0154. The summed E-state index contributed by atoms with van der Waals surface area (Å²) in [5, 5.41) is 2.47. The van der Waals surface area contributed by atoms with Crippen LogP contribution in [0.1, 0.15) is 59.6 Å². The molecule has 0 aromatic carbocycles. The maximum absolute atomic E-state index is 13.2. The fourth-order valence-electron chi connectivity index (χ4n) is 4.27. The van der Waals surface area contributed by atoms with E-state index >= 15 is 0 Å². The van der Waals surface area contributed by atoms with E-state index < -0.39 is 17.9 Å². The number of pyridine rings is 1. The number of carbonyl (C=O) groups excluding carboxylic acids is 4. The zero-order valence-electron chi connectivity index (χ0n) is 20.6. The van der Waals surface area contributed by atoms with Crippen LogP contribution in [0, 0.1) is 6.92 Å². The van der Waals surface area contributed by atoms with E-state index in [-0.39, 0.29) is 24.2 Å². The Morgan fingerprint density at radius 2 is 1.94 bits per heavy atom. The summed E-state index contributed by atoms with van der Waals surface area (Å²) in [6, 6.07) is 6.22. The van der Waals surface area contributed by atoms with E-state index in [9.17, 15) is 19.2 Å². The van der Waals surface area contributed by atoms with Crippen LogP contribution in [-0.2, 0) is 25.7 Å². The number of aromatic nitrogens is 1. The molecule has 0 aliphatic carbocycles. The van der Waals surface area contributed by atoms with Gasteiger partial charge < -0.3 is 24.3 Å². The largest absolute Gasteiger partial charge is 0.467 e. The van der Waals surface area contributed by atoms with Gasteiger partial charge in [0.15, 0.2) is 0 Å². The molecular weight excluding hydrogens is 452 g/mol. The van der Waals surface area contributed by atoms with Crippen LogP contribution in [0.15, 0.2) is 34.9 Å². The molecular formula is C25H32N4O6. The van der Waals surface area contributed by atoms with Gasteiger partial charge in [-0.05, 0) is 44.0 Å². The van der Waals surface area contributed by atoms with Gasteiger partial charge in [-0.3, -0.25) is 19.4 Å². The number of carbonyl (C=O) groups is 4. The zero-order chi connectivity index (χ0) is 25.5. The van der Waals surface area contributed by atoms with Crippen molar-refractivity contribution in [3.05, 3.63) is 53.2 Å². The molecule has 0 bridgehead atoms. The molecule has 0 radical (unpaired) electrons. The lowest BCUT2D eigenvalue weighted by atomic mass is 9.89.